The number of hydrogen-bond donors (Lipinski definition) is 1. The highest BCUT2D eigenvalue weighted by Crippen LogP contribution is 2.06. The smallest absolute Gasteiger partial charge is 0.316 e. The number of benzene rings is 1. The van der Waals surface area contributed by atoms with Crippen LogP contribution in [0.5, 0.6) is 0 Å². The molecule has 0 aliphatic carbocycles. The summed E-state index contributed by atoms with van der Waals surface area (Å²) in [5.41, 5.74) is 6.31. The average Bonchev–Trinajstić information content (AvgIpc) is 2.35. The Morgan fingerprint density at radius 2 is 1.82 bits per heavy atom. The molecule has 4 nitrogen and oxygen atoms in total. The molecule has 0 aromatic heterocycles. The molecular formula is C13H17NO3. The lowest BCUT2D eigenvalue weighted by molar-refractivity contribution is -0.152. The maximum Gasteiger partial charge on any atom is 0.316 e. The molecular weight excluding hydrogens is 218 g/mol. The van der Waals surface area contributed by atoms with E-state index < -0.39 is 17.9 Å². The van der Waals surface area contributed by atoms with Crippen molar-refractivity contribution in [2.75, 3.05) is 0 Å². The lowest BCUT2D eigenvalue weighted by atomic mass is 10.0. The van der Waals surface area contributed by atoms with Crippen LogP contribution in [0.3, 0.4) is 0 Å². The number of Topliss-reactive ketones (excluding diaryl/α,β-unsaturated/α-hetero) is 1. The van der Waals surface area contributed by atoms with Crippen molar-refractivity contribution in [3.63, 3.8) is 0 Å². The Balaban J connectivity index is 2.48. The molecule has 1 aromatic carbocycles. The summed E-state index contributed by atoms with van der Waals surface area (Å²) in [5.74, 6) is -1.64. The van der Waals surface area contributed by atoms with Crippen molar-refractivity contribution in [1.29, 1.82) is 0 Å². The van der Waals surface area contributed by atoms with Crippen LogP contribution in [0.15, 0.2) is 30.3 Å². The van der Waals surface area contributed by atoms with Crippen molar-refractivity contribution < 1.29 is 14.3 Å². The summed E-state index contributed by atoms with van der Waals surface area (Å²) in [6.45, 7) is 3.25. The van der Waals surface area contributed by atoms with E-state index in [1.54, 1.807) is 6.92 Å². The zero-order chi connectivity index (χ0) is 12.8. The van der Waals surface area contributed by atoms with Gasteiger partial charge in [0, 0.05) is 0 Å². The second-order valence-corrected chi connectivity index (χ2v) is 4.01. The first-order chi connectivity index (χ1) is 8.02. The molecule has 17 heavy (non-hydrogen) atoms. The van der Waals surface area contributed by atoms with E-state index in [-0.39, 0.29) is 12.4 Å². The lowest BCUT2D eigenvalue weighted by Gasteiger charge is -2.12. The van der Waals surface area contributed by atoms with Crippen LogP contribution >= 0.6 is 0 Å². The van der Waals surface area contributed by atoms with Gasteiger partial charge in [0.2, 0.25) is 0 Å². The van der Waals surface area contributed by atoms with E-state index in [1.807, 2.05) is 30.3 Å². The molecule has 0 heterocycles. The van der Waals surface area contributed by atoms with E-state index in [0.717, 1.165) is 5.56 Å². The predicted molar refractivity (Wildman–Crippen MR) is 64.1 cm³/mol. The van der Waals surface area contributed by atoms with Gasteiger partial charge in [0.25, 0.3) is 0 Å². The minimum Gasteiger partial charge on any atom is -0.460 e. The lowest BCUT2D eigenvalue weighted by Crippen LogP contribution is -2.36. The van der Waals surface area contributed by atoms with Gasteiger partial charge in [-0.3, -0.25) is 9.59 Å². The maximum absolute atomic E-state index is 11.6. The number of hydrogen-bond acceptors (Lipinski definition) is 4. The van der Waals surface area contributed by atoms with Gasteiger partial charge in [-0.05, 0) is 19.4 Å². The Morgan fingerprint density at radius 3 is 2.35 bits per heavy atom. The molecule has 0 radical (unpaired) electrons. The third kappa shape index (κ3) is 4.00. The van der Waals surface area contributed by atoms with Gasteiger partial charge < -0.3 is 10.5 Å². The Labute approximate surface area is 101 Å². The summed E-state index contributed by atoms with van der Waals surface area (Å²) in [7, 11) is 0. The number of ether oxygens (including phenoxy) is 1. The van der Waals surface area contributed by atoms with Gasteiger partial charge in [-0.1, -0.05) is 30.3 Å². The Hall–Kier alpha value is -1.68. The van der Waals surface area contributed by atoms with Crippen molar-refractivity contribution in [2.45, 2.75) is 26.5 Å². The van der Waals surface area contributed by atoms with Crippen molar-refractivity contribution >= 4 is 11.8 Å². The summed E-state index contributed by atoms with van der Waals surface area (Å²) in [6.07, 6.45) is 0. The summed E-state index contributed by atoms with van der Waals surface area (Å²) < 4.78 is 5.05. The zero-order valence-electron chi connectivity index (χ0n) is 10.1. The van der Waals surface area contributed by atoms with E-state index >= 15 is 0 Å². The van der Waals surface area contributed by atoms with Gasteiger partial charge in [-0.25, -0.2) is 0 Å². The summed E-state index contributed by atoms with van der Waals surface area (Å²) in [5, 5.41) is 0. The summed E-state index contributed by atoms with van der Waals surface area (Å²) in [6, 6.07) is 8.66. The van der Waals surface area contributed by atoms with Gasteiger partial charge >= 0.3 is 5.97 Å². The third-order valence-electron chi connectivity index (χ3n) is 2.45. The van der Waals surface area contributed by atoms with Crippen LogP contribution in [0.2, 0.25) is 0 Å². The van der Waals surface area contributed by atoms with E-state index in [0.29, 0.717) is 0 Å². The monoisotopic (exact) mass is 235 g/mol. The maximum atomic E-state index is 11.6. The molecule has 0 spiro atoms. The van der Waals surface area contributed by atoms with Crippen LogP contribution in [0.4, 0.5) is 0 Å². The molecule has 0 amide bonds. The molecule has 0 bridgehead atoms. The standard InChI is InChI=1S/C13H17NO3/c1-9(12(15)10(2)14)13(16)17-8-11-6-4-3-5-7-11/h3-7,9-10H,8,14H2,1-2H3. The number of rotatable bonds is 5. The Kier molecular flexibility index (Phi) is 4.84. The quantitative estimate of drug-likeness (QED) is 0.616. The van der Waals surface area contributed by atoms with E-state index in [9.17, 15) is 9.59 Å². The second kappa shape index (κ2) is 6.15. The van der Waals surface area contributed by atoms with Gasteiger partial charge in [0.1, 0.15) is 12.5 Å². The van der Waals surface area contributed by atoms with Crippen molar-refractivity contribution in [1.82, 2.24) is 0 Å². The molecule has 1 rings (SSSR count). The molecule has 0 aliphatic heterocycles. The molecule has 2 N–H and O–H groups in total. The van der Waals surface area contributed by atoms with Gasteiger partial charge in [-0.15, -0.1) is 0 Å². The molecule has 2 unspecified atom stereocenters. The fourth-order valence-electron chi connectivity index (χ4n) is 1.36. The van der Waals surface area contributed by atoms with Crippen LogP contribution < -0.4 is 5.73 Å². The summed E-state index contributed by atoms with van der Waals surface area (Å²) >= 11 is 0. The molecule has 4 heteroatoms. The Bertz CT molecular complexity index is 387. The number of ketones is 1. The molecule has 0 saturated heterocycles. The number of nitrogens with two attached hydrogens (primary N) is 1. The normalized spacial score (nSPS) is 13.8. The predicted octanol–water partition coefficient (Wildman–Crippen LogP) is 1.28. The fourth-order valence-corrected chi connectivity index (χ4v) is 1.36. The fraction of sp³-hybridized carbons (Fsp3) is 0.385. The van der Waals surface area contributed by atoms with Crippen molar-refractivity contribution in [3.05, 3.63) is 35.9 Å². The molecule has 0 fully saturated rings. The number of carbonyl (C=O) groups is 2. The first-order valence-corrected chi connectivity index (χ1v) is 5.52. The van der Waals surface area contributed by atoms with E-state index in [4.69, 9.17) is 10.5 Å². The molecule has 0 saturated carbocycles. The second-order valence-electron chi connectivity index (χ2n) is 4.01. The molecule has 2 atom stereocenters. The van der Waals surface area contributed by atoms with Crippen LogP contribution in [-0.2, 0) is 20.9 Å². The van der Waals surface area contributed by atoms with Crippen LogP contribution in [0.25, 0.3) is 0 Å². The minimum absolute atomic E-state index is 0.177. The highest BCUT2D eigenvalue weighted by Gasteiger charge is 2.25. The van der Waals surface area contributed by atoms with Crippen LogP contribution in [0.1, 0.15) is 19.4 Å². The largest absolute Gasteiger partial charge is 0.460 e. The molecule has 0 aliphatic rings. The summed E-state index contributed by atoms with van der Waals surface area (Å²) in [4.78, 5) is 23.0. The topological polar surface area (TPSA) is 69.4 Å². The first kappa shape index (κ1) is 13.4. The van der Waals surface area contributed by atoms with Crippen LogP contribution in [-0.4, -0.2) is 17.8 Å². The zero-order valence-corrected chi connectivity index (χ0v) is 10.1. The first-order valence-electron chi connectivity index (χ1n) is 5.52. The third-order valence-corrected chi connectivity index (χ3v) is 2.45. The van der Waals surface area contributed by atoms with Gasteiger partial charge in [0.05, 0.1) is 6.04 Å². The number of esters is 1. The number of carbonyl (C=O) groups excluding carboxylic acids is 2. The highest BCUT2D eigenvalue weighted by molar-refractivity contribution is 6.00. The van der Waals surface area contributed by atoms with E-state index in [1.165, 1.54) is 6.92 Å². The highest BCUT2D eigenvalue weighted by atomic mass is 16.5. The van der Waals surface area contributed by atoms with E-state index in [2.05, 4.69) is 0 Å². The SMILES string of the molecule is CC(N)C(=O)C(C)C(=O)OCc1ccccc1. The van der Waals surface area contributed by atoms with Crippen molar-refractivity contribution in [3.8, 4) is 0 Å². The Morgan fingerprint density at radius 1 is 1.24 bits per heavy atom. The van der Waals surface area contributed by atoms with Crippen LogP contribution in [0, 0.1) is 5.92 Å². The van der Waals surface area contributed by atoms with Gasteiger partial charge in [0.15, 0.2) is 5.78 Å². The average molecular weight is 235 g/mol. The molecule has 92 valence electrons. The van der Waals surface area contributed by atoms with Gasteiger partial charge in [-0.2, -0.15) is 0 Å². The van der Waals surface area contributed by atoms with Crippen molar-refractivity contribution in [2.24, 2.45) is 11.7 Å². The minimum atomic E-state index is -0.807. The molecule has 1 aromatic rings.